The molecule has 0 atom stereocenters. The van der Waals surface area contributed by atoms with Crippen LogP contribution in [0.25, 0.3) is 0 Å². The van der Waals surface area contributed by atoms with Gasteiger partial charge in [-0.05, 0) is 95.5 Å². The van der Waals surface area contributed by atoms with Crippen molar-refractivity contribution in [2.75, 3.05) is 228 Å². The number of nitrogens with two attached hydrogens (primary N) is 1. The molecule has 0 saturated heterocycles. The number of nitrogens with zero attached hydrogens (tertiary/aromatic N) is 26. The van der Waals surface area contributed by atoms with Crippen molar-refractivity contribution in [3.8, 4) is 0 Å². The lowest BCUT2D eigenvalue weighted by Crippen LogP contribution is -2.23. The first-order valence-corrected chi connectivity index (χ1v) is 45.3. The standard InChI is InChI=1S/C7H14N4.3C7H12N2O2.C7H12N2OS.C6H11FN4.C6H13N5.C6H12N4S.3C6H12N4.C6H11N3OS.CO2/c1-4-5-11(3)7-8-6(2)9-10-7;1-3-4-9(2)6-5-8-11-7(6)10;1-3-4-9(2)7-5-6(10)8-11-7;1-3-4-9(2)6-5-7(10)11-8-6;1-3-4-9(2)7-5-6(10)8-11-7;1-3-4-11(2)6-5(7)8-10-9-6;1-3-4-11(2)6-8-5(7)9-10-6;1-3-4-10(2)5-6(11)8-9-7-5;1-3-4-10(2)6-7-5-8-9-6;2*1-3-4-10(2)6-5-7-9-8-6;1-3-4-9(2)5-6(10)8-11-7-5;2-1-3/h4-5H2,1-3H3,(H,8,9,10);5,8H,3-4H2,1-2H3;5H,3-4H2,1-2H3,(H,8,10);5,8H,3-4H2,1-2H3;5H,3-4H2,1-2H3,(H,8,10);3-4H2,1-2H3,(H,8,9,10);3-4H2,1-2H3,(H3,7,8,9,10);3-4H2,1-2H3,(H2,7,8,9,11);3*5H,3-4H2,1-2H3,(H,7,8,9);3-4H2,1-2H3,(H,8,10);. The molecule has 0 saturated carbocycles. The van der Waals surface area contributed by atoms with Gasteiger partial charge in [0, 0.05) is 181 Å². The Labute approximate surface area is 782 Å². The smallest absolute Gasteiger partial charge is 0.368 e. The third-order valence-electron chi connectivity index (χ3n) is 17.1. The van der Waals surface area contributed by atoms with E-state index in [-0.39, 0.29) is 39.9 Å². The van der Waals surface area contributed by atoms with Crippen LogP contribution in [-0.2, 0) is 9.59 Å². The van der Waals surface area contributed by atoms with E-state index in [0.29, 0.717) is 33.9 Å². The topological polar surface area (TPSA) is 610 Å². The Hall–Kier alpha value is -13.3. The van der Waals surface area contributed by atoms with Gasteiger partial charge in [0.25, 0.3) is 17.1 Å². The van der Waals surface area contributed by atoms with Crippen LogP contribution in [0.2, 0.25) is 0 Å². The van der Waals surface area contributed by atoms with Crippen LogP contribution in [0.1, 0.15) is 166 Å². The van der Waals surface area contributed by atoms with Crippen molar-refractivity contribution in [2.45, 2.75) is 167 Å². The highest BCUT2D eigenvalue weighted by Gasteiger charge is 2.14. The molecule has 0 radical (unpaired) electrons. The Balaban J connectivity index is 0.00000141. The fourth-order valence-corrected chi connectivity index (χ4v) is 12.2. The van der Waals surface area contributed by atoms with E-state index in [2.05, 4.69) is 236 Å². The Kier molecular flexibility index (Phi) is 64.4. The molecule has 0 aliphatic rings. The molecule has 132 heavy (non-hydrogen) atoms. The van der Waals surface area contributed by atoms with Gasteiger partial charge in [0.15, 0.2) is 22.1 Å². The van der Waals surface area contributed by atoms with E-state index in [1.165, 1.54) is 30.0 Å². The second-order valence-corrected chi connectivity index (χ2v) is 30.7. The van der Waals surface area contributed by atoms with E-state index >= 15 is 0 Å². The fraction of sp³-hybridized carbons (Fsp3) is 0.628. The summed E-state index contributed by atoms with van der Waals surface area (Å²) in [6.45, 7) is 38.3. The van der Waals surface area contributed by atoms with Crippen LogP contribution in [0, 0.1) is 17.5 Å². The predicted molar refractivity (Wildman–Crippen MR) is 525 cm³/mol. The van der Waals surface area contributed by atoms with E-state index in [9.17, 15) is 28.4 Å². The minimum absolute atomic E-state index is 0.00652. The summed E-state index contributed by atoms with van der Waals surface area (Å²) in [6.07, 6.45) is 19.6. The fourth-order valence-electron chi connectivity index (χ4n) is 10.7. The summed E-state index contributed by atoms with van der Waals surface area (Å²) in [5, 5.41) is 66.9. The molecular formula is C78H145FN40O10S3. The van der Waals surface area contributed by atoms with Crippen LogP contribution in [0.3, 0.4) is 0 Å². The Morgan fingerprint density at radius 2 is 0.939 bits per heavy atom. The molecule has 50 nitrogen and oxygen atoms in total. The number of hydrogen-bond donors (Lipinski definition) is 14. The third-order valence-corrected chi connectivity index (χ3v) is 18.8. The maximum absolute atomic E-state index is 12.7. The van der Waals surface area contributed by atoms with Crippen molar-refractivity contribution in [1.29, 1.82) is 0 Å². The lowest BCUT2D eigenvalue weighted by Gasteiger charge is -2.13. The first kappa shape index (κ1) is 119. The van der Waals surface area contributed by atoms with Crippen LogP contribution >= 0.6 is 35.5 Å². The SMILES string of the molecule is CCCN(C)c1c[nH]oc1=O.CCCN(C)c1cc(=O)[nH]o1.CCCN(C)c1cc(=O)[nH]s1.CCCN(C)c1cc(=O)o[nH]1.CCCN(C)c1cn[nH]n1.CCCN(C)c1cn[nH]n1.CCCN(C)c1n[nH][nH]c1=S.CCCN(C)c1n[nH]c(C)n1.CCCN(C)c1n[nH]c(N)n1.CCCN(C)c1n[nH]nc1F.CCCN(C)c1ncn[nH]1.CCCN(C)c1ns[nH]c1=O.O=C=O. The number of rotatable bonds is 36. The first-order valence-electron chi connectivity index (χ1n) is 43.3. The number of nitrogen functional groups attached to an aromatic ring is 1. The van der Waals surface area contributed by atoms with E-state index in [0.717, 1.165) is 213 Å². The highest BCUT2D eigenvalue weighted by molar-refractivity contribution is 7.71. The van der Waals surface area contributed by atoms with Gasteiger partial charge in [0.1, 0.15) is 28.7 Å². The van der Waals surface area contributed by atoms with Crippen molar-refractivity contribution >= 4 is 117 Å². The zero-order valence-corrected chi connectivity index (χ0v) is 83.9. The lowest BCUT2D eigenvalue weighted by molar-refractivity contribution is -0.191. The Morgan fingerprint density at radius 1 is 0.462 bits per heavy atom. The zero-order valence-electron chi connectivity index (χ0n) is 81.4. The quantitative estimate of drug-likeness (QED) is 0.0163. The molecular weight excluding hydrogens is 1770 g/mol. The molecule has 12 aromatic rings. The van der Waals surface area contributed by atoms with Crippen LogP contribution in [0.5, 0.6) is 0 Å². The van der Waals surface area contributed by atoms with Crippen molar-refractivity contribution in [3.63, 3.8) is 0 Å². The highest BCUT2D eigenvalue weighted by Crippen LogP contribution is 2.16. The summed E-state index contributed by atoms with van der Waals surface area (Å²) in [5.41, 5.74) is 5.02. The minimum Gasteiger partial charge on any atom is -0.368 e. The van der Waals surface area contributed by atoms with Gasteiger partial charge >= 0.3 is 23.0 Å². The normalized spacial score (nSPS) is 9.80. The molecule has 0 amide bonds. The van der Waals surface area contributed by atoms with Crippen molar-refractivity contribution in [3.05, 3.63) is 111 Å². The predicted octanol–water partition coefficient (Wildman–Crippen LogP) is 9.07. The van der Waals surface area contributed by atoms with Gasteiger partial charge < -0.3 is 78.1 Å². The third kappa shape index (κ3) is 50.1. The number of halogens is 1. The molecule has 0 aliphatic heterocycles. The number of H-pyrrole nitrogens is 13. The van der Waals surface area contributed by atoms with Crippen molar-refractivity contribution in [2.24, 2.45) is 0 Å². The second kappa shape index (κ2) is 71.6. The van der Waals surface area contributed by atoms with E-state index in [1.807, 2.05) is 131 Å². The van der Waals surface area contributed by atoms with E-state index in [4.69, 9.17) is 32.1 Å². The van der Waals surface area contributed by atoms with Gasteiger partial charge in [-0.1, -0.05) is 95.3 Å². The van der Waals surface area contributed by atoms with Gasteiger partial charge in [-0.2, -0.15) is 69.4 Å². The molecule has 0 fully saturated rings. The van der Waals surface area contributed by atoms with Gasteiger partial charge in [-0.3, -0.25) is 33.3 Å². The molecule has 54 heteroatoms. The summed E-state index contributed by atoms with van der Waals surface area (Å²) >= 11 is 7.46. The molecule has 0 spiro atoms. The van der Waals surface area contributed by atoms with Gasteiger partial charge in [-0.25, -0.2) is 35.3 Å². The van der Waals surface area contributed by atoms with E-state index in [1.54, 1.807) is 36.6 Å². The van der Waals surface area contributed by atoms with Crippen LogP contribution in [0.4, 0.5) is 79.7 Å². The molecule has 15 N–H and O–H groups in total. The number of nitrogens with one attached hydrogen (secondary N) is 13. The summed E-state index contributed by atoms with van der Waals surface area (Å²) < 4.78 is 36.4. The number of carbonyl (C=O) groups excluding carboxylic acids is 2. The molecule has 12 rings (SSSR count). The number of hydrogen-bond acceptors (Lipinski definition) is 40. The second-order valence-electron chi connectivity index (χ2n) is 28.9. The monoisotopic (exact) mass is 1920 g/mol. The summed E-state index contributed by atoms with van der Waals surface area (Å²) in [5.74, 6) is 7.73. The first-order chi connectivity index (χ1) is 63.1. The van der Waals surface area contributed by atoms with Gasteiger partial charge in [-0.15, -0.1) is 35.7 Å². The zero-order chi connectivity index (χ0) is 99.3. The molecule has 0 aromatic carbocycles. The van der Waals surface area contributed by atoms with Gasteiger partial charge in [0.05, 0.1) is 30.7 Å². The average molecular weight is 1920 g/mol. The van der Waals surface area contributed by atoms with Gasteiger partial charge in [0.2, 0.25) is 41.3 Å². The van der Waals surface area contributed by atoms with Crippen molar-refractivity contribution in [1.82, 2.24) is 136 Å². The molecule has 742 valence electrons. The maximum atomic E-state index is 12.7. The number of aryl methyl sites for hydroxylation is 1. The van der Waals surface area contributed by atoms with Crippen molar-refractivity contribution < 1.29 is 27.5 Å². The van der Waals surface area contributed by atoms with Crippen LogP contribution in [-0.4, -0.2) is 305 Å². The molecule has 12 aromatic heterocycles. The largest absolute Gasteiger partial charge is 0.380 e. The molecule has 0 aliphatic carbocycles. The Morgan fingerprint density at radius 3 is 1.33 bits per heavy atom. The van der Waals surface area contributed by atoms with Crippen LogP contribution < -0.4 is 92.5 Å². The number of aromatic amines is 13. The molecule has 0 bridgehead atoms. The molecule has 12 heterocycles. The summed E-state index contributed by atoms with van der Waals surface area (Å²) in [7, 11) is 23.2. The summed E-state index contributed by atoms with van der Waals surface area (Å²) in [4.78, 5) is 106. The minimum atomic E-state index is -0.541. The lowest BCUT2D eigenvalue weighted by atomic mass is 10.4. The number of aromatic nitrogens is 27. The highest BCUT2D eigenvalue weighted by atomic mass is 32.1. The van der Waals surface area contributed by atoms with E-state index < -0.39 is 5.95 Å². The van der Waals surface area contributed by atoms with Crippen LogP contribution in [0.15, 0.2) is 80.7 Å². The average Bonchev–Trinajstić information content (AvgIpc) is 1.76. The molecule has 0 unspecified atom stereocenters. The number of anilines is 13. The summed E-state index contributed by atoms with van der Waals surface area (Å²) in [6, 6.07) is 4.51. The maximum Gasteiger partial charge on any atom is 0.380 e. The Bertz CT molecular complexity index is 4650.